The molecule has 10 heteroatoms. The van der Waals surface area contributed by atoms with Crippen molar-refractivity contribution in [2.24, 2.45) is 7.05 Å². The van der Waals surface area contributed by atoms with Crippen LogP contribution >= 0.6 is 34.4 Å². The molecule has 0 unspecified atom stereocenters. The molecule has 0 aliphatic heterocycles. The van der Waals surface area contributed by atoms with E-state index in [0.29, 0.717) is 17.4 Å². The summed E-state index contributed by atoms with van der Waals surface area (Å²) in [5.41, 5.74) is -0.0452. The molecule has 0 spiro atoms. The number of nitrogens with zero attached hydrogens (tertiary/aromatic N) is 5. The molecule has 3 rings (SSSR count). The number of thioether (sulfide) groups is 1. The standard InChI is InChI=1S/C16H15F3IN5S/c1-24-8-10(15(23-24)16(17,18)19)7-14-21-13(9-26-2)22-25(14)12-5-3-11(20)4-6-12/h3-6,8H,7,9H2,1-2H3. The first kappa shape index (κ1) is 19.2. The van der Waals surface area contributed by atoms with Crippen LogP contribution in [0.4, 0.5) is 13.2 Å². The Balaban J connectivity index is 2.03. The van der Waals surface area contributed by atoms with Crippen LogP contribution in [0.15, 0.2) is 30.5 Å². The van der Waals surface area contributed by atoms with Gasteiger partial charge in [-0.15, -0.1) is 0 Å². The minimum atomic E-state index is -4.51. The molecule has 0 fully saturated rings. The second kappa shape index (κ2) is 7.59. The Labute approximate surface area is 166 Å². The molecule has 0 saturated carbocycles. The molecule has 0 aliphatic rings. The van der Waals surface area contributed by atoms with Gasteiger partial charge in [0.15, 0.2) is 11.5 Å². The van der Waals surface area contributed by atoms with Gasteiger partial charge < -0.3 is 0 Å². The number of benzene rings is 1. The molecule has 2 aromatic heterocycles. The largest absolute Gasteiger partial charge is 0.435 e. The highest BCUT2D eigenvalue weighted by Gasteiger charge is 2.37. The van der Waals surface area contributed by atoms with E-state index in [1.807, 2.05) is 30.5 Å². The number of halogens is 4. The third kappa shape index (κ3) is 4.22. The topological polar surface area (TPSA) is 48.5 Å². The minimum absolute atomic E-state index is 0.00392. The maximum Gasteiger partial charge on any atom is 0.435 e. The fraction of sp³-hybridized carbons (Fsp3) is 0.312. The normalized spacial score (nSPS) is 11.9. The Kier molecular flexibility index (Phi) is 5.61. The van der Waals surface area contributed by atoms with Crippen molar-refractivity contribution in [2.45, 2.75) is 18.3 Å². The maximum absolute atomic E-state index is 13.2. The molecule has 2 heterocycles. The van der Waals surface area contributed by atoms with Crippen LogP contribution < -0.4 is 0 Å². The average molecular weight is 493 g/mol. The zero-order chi connectivity index (χ0) is 18.9. The van der Waals surface area contributed by atoms with Gasteiger partial charge in [0.25, 0.3) is 0 Å². The first-order valence-corrected chi connectivity index (χ1v) is 10.0. The number of rotatable bonds is 5. The van der Waals surface area contributed by atoms with E-state index >= 15 is 0 Å². The Bertz CT molecular complexity index is 902. The predicted molar refractivity (Wildman–Crippen MR) is 102 cm³/mol. The highest BCUT2D eigenvalue weighted by atomic mass is 127. The van der Waals surface area contributed by atoms with Gasteiger partial charge in [-0.25, -0.2) is 9.67 Å². The molecule has 138 valence electrons. The van der Waals surface area contributed by atoms with Crippen molar-refractivity contribution in [3.05, 3.63) is 56.9 Å². The summed E-state index contributed by atoms with van der Waals surface area (Å²) in [6.45, 7) is 0. The molecule has 0 radical (unpaired) electrons. The molecule has 0 bridgehead atoms. The Morgan fingerprint density at radius 3 is 2.46 bits per heavy atom. The third-order valence-electron chi connectivity index (χ3n) is 3.58. The molecule has 0 amide bonds. The lowest BCUT2D eigenvalue weighted by molar-refractivity contribution is -0.142. The van der Waals surface area contributed by atoms with E-state index in [2.05, 4.69) is 37.8 Å². The van der Waals surface area contributed by atoms with Gasteiger partial charge in [-0.05, 0) is 53.1 Å². The summed E-state index contributed by atoms with van der Waals surface area (Å²) in [6, 6.07) is 7.58. The summed E-state index contributed by atoms with van der Waals surface area (Å²) in [5, 5.41) is 8.03. The minimum Gasteiger partial charge on any atom is -0.275 e. The first-order chi connectivity index (χ1) is 12.3. The molecule has 26 heavy (non-hydrogen) atoms. The second-order valence-electron chi connectivity index (χ2n) is 5.62. The van der Waals surface area contributed by atoms with E-state index < -0.39 is 11.9 Å². The summed E-state index contributed by atoms with van der Waals surface area (Å²) in [7, 11) is 1.47. The van der Waals surface area contributed by atoms with Crippen LogP contribution in [0.3, 0.4) is 0 Å². The van der Waals surface area contributed by atoms with Crippen LogP contribution in [0.1, 0.15) is 22.9 Å². The monoisotopic (exact) mass is 493 g/mol. The van der Waals surface area contributed by atoms with Crippen molar-refractivity contribution in [3.8, 4) is 5.69 Å². The molecular weight excluding hydrogens is 478 g/mol. The van der Waals surface area contributed by atoms with Crippen molar-refractivity contribution in [2.75, 3.05) is 6.26 Å². The van der Waals surface area contributed by atoms with Gasteiger partial charge in [-0.1, -0.05) is 0 Å². The van der Waals surface area contributed by atoms with Gasteiger partial charge in [0.05, 0.1) is 11.4 Å². The van der Waals surface area contributed by atoms with E-state index in [1.54, 1.807) is 16.4 Å². The van der Waals surface area contributed by atoms with Crippen molar-refractivity contribution < 1.29 is 13.2 Å². The number of alkyl halides is 3. The molecular formula is C16H15F3IN5S. The zero-order valence-electron chi connectivity index (χ0n) is 14.0. The number of aromatic nitrogens is 5. The number of hydrogen-bond acceptors (Lipinski definition) is 4. The second-order valence-corrected chi connectivity index (χ2v) is 7.73. The summed E-state index contributed by atoms with van der Waals surface area (Å²) in [5.74, 6) is 1.63. The lowest BCUT2D eigenvalue weighted by Crippen LogP contribution is -2.11. The molecule has 0 saturated heterocycles. The van der Waals surface area contributed by atoms with Crippen molar-refractivity contribution in [1.29, 1.82) is 0 Å². The lowest BCUT2D eigenvalue weighted by Gasteiger charge is -2.08. The molecule has 0 atom stereocenters. The van der Waals surface area contributed by atoms with E-state index in [0.717, 1.165) is 9.26 Å². The van der Waals surface area contributed by atoms with Gasteiger partial charge in [0.1, 0.15) is 5.82 Å². The van der Waals surface area contributed by atoms with E-state index in [-0.39, 0.29) is 12.0 Å². The molecule has 3 aromatic rings. The van der Waals surface area contributed by atoms with E-state index in [1.165, 1.54) is 17.9 Å². The molecule has 0 N–H and O–H groups in total. The first-order valence-electron chi connectivity index (χ1n) is 7.57. The van der Waals surface area contributed by atoms with Crippen LogP contribution in [0.25, 0.3) is 5.69 Å². The Morgan fingerprint density at radius 1 is 1.15 bits per heavy atom. The Hall–Kier alpha value is -1.56. The van der Waals surface area contributed by atoms with Gasteiger partial charge in [-0.2, -0.15) is 35.1 Å². The average Bonchev–Trinajstić information content (AvgIpc) is 3.12. The van der Waals surface area contributed by atoms with Gasteiger partial charge >= 0.3 is 6.18 Å². The fourth-order valence-corrected chi connectivity index (χ4v) is 3.30. The third-order valence-corrected chi connectivity index (χ3v) is 4.85. The SMILES string of the molecule is CSCc1nc(Cc2cn(C)nc2C(F)(F)F)n(-c2ccc(I)cc2)n1. The predicted octanol–water partition coefficient (Wildman–Crippen LogP) is 4.08. The van der Waals surface area contributed by atoms with Crippen LogP contribution in [-0.2, 0) is 25.4 Å². The molecule has 0 aliphatic carbocycles. The number of hydrogen-bond donors (Lipinski definition) is 0. The van der Waals surface area contributed by atoms with Crippen LogP contribution in [0.2, 0.25) is 0 Å². The van der Waals surface area contributed by atoms with Crippen molar-refractivity contribution in [3.63, 3.8) is 0 Å². The Morgan fingerprint density at radius 2 is 1.85 bits per heavy atom. The highest BCUT2D eigenvalue weighted by molar-refractivity contribution is 14.1. The molecule has 1 aromatic carbocycles. The summed E-state index contributed by atoms with van der Waals surface area (Å²) in [6.07, 6.45) is -1.21. The van der Waals surface area contributed by atoms with Gasteiger partial charge in [0.2, 0.25) is 0 Å². The van der Waals surface area contributed by atoms with Gasteiger partial charge in [0, 0.05) is 28.8 Å². The maximum atomic E-state index is 13.2. The summed E-state index contributed by atoms with van der Waals surface area (Å²) < 4.78 is 43.5. The number of aryl methyl sites for hydroxylation is 1. The van der Waals surface area contributed by atoms with Crippen LogP contribution in [0.5, 0.6) is 0 Å². The van der Waals surface area contributed by atoms with E-state index in [9.17, 15) is 13.2 Å². The quantitative estimate of drug-likeness (QED) is 0.503. The zero-order valence-corrected chi connectivity index (χ0v) is 16.9. The van der Waals surface area contributed by atoms with Gasteiger partial charge in [-0.3, -0.25) is 4.68 Å². The summed E-state index contributed by atoms with van der Waals surface area (Å²) in [4.78, 5) is 4.45. The van der Waals surface area contributed by atoms with Crippen molar-refractivity contribution in [1.82, 2.24) is 24.5 Å². The fourth-order valence-electron chi connectivity index (χ4n) is 2.56. The highest BCUT2D eigenvalue weighted by Crippen LogP contribution is 2.31. The van der Waals surface area contributed by atoms with E-state index in [4.69, 9.17) is 0 Å². The smallest absolute Gasteiger partial charge is 0.275 e. The molecule has 5 nitrogen and oxygen atoms in total. The lowest BCUT2D eigenvalue weighted by atomic mass is 10.1. The summed E-state index contributed by atoms with van der Waals surface area (Å²) >= 11 is 3.75. The van der Waals surface area contributed by atoms with Crippen LogP contribution in [0, 0.1) is 3.57 Å². The van der Waals surface area contributed by atoms with Crippen molar-refractivity contribution >= 4 is 34.4 Å². The van der Waals surface area contributed by atoms with Crippen LogP contribution in [-0.4, -0.2) is 30.8 Å².